The van der Waals surface area contributed by atoms with Gasteiger partial charge in [-0.05, 0) is 36.6 Å². The van der Waals surface area contributed by atoms with Gasteiger partial charge in [-0.2, -0.15) is 5.26 Å². The summed E-state index contributed by atoms with van der Waals surface area (Å²) < 4.78 is 11.0. The molecule has 0 aromatic heterocycles. The summed E-state index contributed by atoms with van der Waals surface area (Å²) in [6, 6.07) is 7.28. The first kappa shape index (κ1) is 18.6. The van der Waals surface area contributed by atoms with Crippen LogP contribution in [-0.4, -0.2) is 26.2 Å². The second-order valence-electron chi connectivity index (χ2n) is 5.04. The lowest BCUT2D eigenvalue weighted by Gasteiger charge is -2.11. The summed E-state index contributed by atoms with van der Waals surface area (Å²) in [4.78, 5) is 11.9. The van der Waals surface area contributed by atoms with Crippen LogP contribution in [0.2, 0.25) is 0 Å². The fraction of sp³-hybridized carbons (Fsp3) is 0.444. The third-order valence-electron chi connectivity index (χ3n) is 3.15. The SMILES string of the molecule is CCCCOc1ccc(/C=C(/C#N)C(=O)NCCC)cc1OC. The van der Waals surface area contributed by atoms with Gasteiger partial charge in [0.25, 0.3) is 5.91 Å². The van der Waals surface area contributed by atoms with E-state index in [1.54, 1.807) is 31.4 Å². The molecule has 0 spiro atoms. The third kappa shape index (κ3) is 6.03. The Morgan fingerprint density at radius 3 is 2.70 bits per heavy atom. The van der Waals surface area contributed by atoms with E-state index < -0.39 is 0 Å². The molecule has 0 unspecified atom stereocenters. The molecule has 0 saturated carbocycles. The van der Waals surface area contributed by atoms with E-state index in [2.05, 4.69) is 12.2 Å². The molecule has 1 amide bonds. The quantitative estimate of drug-likeness (QED) is 0.431. The lowest BCUT2D eigenvalue weighted by Crippen LogP contribution is -2.25. The summed E-state index contributed by atoms with van der Waals surface area (Å²) in [5, 5.41) is 11.8. The number of hydrogen-bond donors (Lipinski definition) is 1. The number of ether oxygens (including phenoxy) is 2. The minimum atomic E-state index is -0.364. The van der Waals surface area contributed by atoms with E-state index in [-0.39, 0.29) is 11.5 Å². The standard InChI is InChI=1S/C18H24N2O3/c1-4-6-10-23-16-8-7-14(12-17(16)22-3)11-15(13-19)18(21)20-9-5-2/h7-8,11-12H,4-6,9-10H2,1-3H3,(H,20,21)/b15-11-. The van der Waals surface area contributed by atoms with E-state index in [9.17, 15) is 4.79 Å². The van der Waals surface area contributed by atoms with Crippen LogP contribution in [0.5, 0.6) is 11.5 Å². The van der Waals surface area contributed by atoms with Gasteiger partial charge in [0.2, 0.25) is 0 Å². The molecule has 1 aromatic carbocycles. The van der Waals surface area contributed by atoms with Crippen molar-refractivity contribution in [2.75, 3.05) is 20.3 Å². The van der Waals surface area contributed by atoms with Crippen molar-refractivity contribution >= 4 is 12.0 Å². The molecule has 0 aliphatic carbocycles. The Morgan fingerprint density at radius 2 is 2.09 bits per heavy atom. The summed E-state index contributed by atoms with van der Waals surface area (Å²) in [7, 11) is 1.56. The average molecular weight is 316 g/mol. The molecule has 1 rings (SSSR count). The van der Waals surface area contributed by atoms with Gasteiger partial charge in [0.15, 0.2) is 11.5 Å². The van der Waals surface area contributed by atoms with Crippen LogP contribution >= 0.6 is 0 Å². The number of carbonyl (C=O) groups is 1. The molecule has 0 aliphatic rings. The number of benzene rings is 1. The summed E-state index contributed by atoms with van der Waals surface area (Å²) in [5.41, 5.74) is 0.785. The number of methoxy groups -OCH3 is 1. The Bertz CT molecular complexity index is 588. The van der Waals surface area contributed by atoms with Gasteiger partial charge in [0.05, 0.1) is 13.7 Å². The number of carbonyl (C=O) groups excluding carboxylic acids is 1. The summed E-state index contributed by atoms with van der Waals surface area (Å²) in [6.45, 7) is 5.23. The molecule has 1 N–H and O–H groups in total. The smallest absolute Gasteiger partial charge is 0.261 e. The van der Waals surface area contributed by atoms with E-state index in [4.69, 9.17) is 14.7 Å². The highest BCUT2D eigenvalue weighted by molar-refractivity contribution is 6.01. The molecule has 0 atom stereocenters. The first-order valence-corrected chi connectivity index (χ1v) is 7.87. The number of rotatable bonds is 9. The van der Waals surface area contributed by atoms with Crippen LogP contribution in [0.1, 0.15) is 38.7 Å². The molecule has 0 heterocycles. The van der Waals surface area contributed by atoms with Crippen LogP contribution in [0.4, 0.5) is 0 Å². The largest absolute Gasteiger partial charge is 0.493 e. The topological polar surface area (TPSA) is 71.3 Å². The van der Waals surface area contributed by atoms with Crippen LogP contribution in [0.3, 0.4) is 0 Å². The van der Waals surface area contributed by atoms with Gasteiger partial charge in [-0.3, -0.25) is 4.79 Å². The van der Waals surface area contributed by atoms with E-state index >= 15 is 0 Å². The maximum absolute atomic E-state index is 11.9. The second-order valence-corrected chi connectivity index (χ2v) is 5.04. The Hall–Kier alpha value is -2.48. The highest BCUT2D eigenvalue weighted by Crippen LogP contribution is 2.29. The molecule has 0 fully saturated rings. The predicted octanol–water partition coefficient (Wildman–Crippen LogP) is 3.31. The van der Waals surface area contributed by atoms with Crippen molar-refractivity contribution in [2.24, 2.45) is 0 Å². The summed E-state index contributed by atoms with van der Waals surface area (Å²) in [6.07, 6.45) is 4.40. The average Bonchev–Trinajstić information content (AvgIpc) is 2.58. The molecule has 1 aromatic rings. The van der Waals surface area contributed by atoms with Gasteiger partial charge in [-0.1, -0.05) is 26.3 Å². The maximum Gasteiger partial charge on any atom is 0.261 e. The van der Waals surface area contributed by atoms with Gasteiger partial charge < -0.3 is 14.8 Å². The highest BCUT2D eigenvalue weighted by Gasteiger charge is 2.10. The Kier molecular flexibility index (Phi) is 8.30. The molecule has 0 bridgehead atoms. The summed E-state index contributed by atoms with van der Waals surface area (Å²) >= 11 is 0. The molecular formula is C18H24N2O3. The lowest BCUT2D eigenvalue weighted by atomic mass is 10.1. The molecule has 0 radical (unpaired) electrons. The lowest BCUT2D eigenvalue weighted by molar-refractivity contribution is -0.117. The number of amides is 1. The van der Waals surface area contributed by atoms with Crippen molar-refractivity contribution in [3.8, 4) is 17.6 Å². The second kappa shape index (κ2) is 10.3. The zero-order chi connectivity index (χ0) is 17.1. The van der Waals surface area contributed by atoms with Crippen LogP contribution in [0.15, 0.2) is 23.8 Å². The van der Waals surface area contributed by atoms with Crippen molar-refractivity contribution in [3.05, 3.63) is 29.3 Å². The van der Waals surface area contributed by atoms with Crippen molar-refractivity contribution in [1.29, 1.82) is 5.26 Å². The van der Waals surface area contributed by atoms with E-state index in [0.29, 0.717) is 30.2 Å². The van der Waals surface area contributed by atoms with Gasteiger partial charge in [0, 0.05) is 6.54 Å². The zero-order valence-electron chi connectivity index (χ0n) is 14.0. The number of nitrogens with one attached hydrogen (secondary N) is 1. The van der Waals surface area contributed by atoms with Crippen LogP contribution in [-0.2, 0) is 4.79 Å². The summed E-state index contributed by atoms with van der Waals surface area (Å²) in [5.74, 6) is 0.879. The van der Waals surface area contributed by atoms with E-state index in [0.717, 1.165) is 19.3 Å². The van der Waals surface area contributed by atoms with Crippen molar-refractivity contribution in [1.82, 2.24) is 5.32 Å². The fourth-order valence-corrected chi connectivity index (χ4v) is 1.87. The van der Waals surface area contributed by atoms with Gasteiger partial charge >= 0.3 is 0 Å². The van der Waals surface area contributed by atoms with E-state index in [1.165, 1.54) is 0 Å². The van der Waals surface area contributed by atoms with Crippen LogP contribution in [0, 0.1) is 11.3 Å². The Balaban J connectivity index is 2.93. The van der Waals surface area contributed by atoms with Gasteiger partial charge in [-0.15, -0.1) is 0 Å². The fourth-order valence-electron chi connectivity index (χ4n) is 1.87. The van der Waals surface area contributed by atoms with Crippen molar-refractivity contribution in [3.63, 3.8) is 0 Å². The monoisotopic (exact) mass is 316 g/mol. The van der Waals surface area contributed by atoms with E-state index in [1.807, 2.05) is 13.0 Å². The Morgan fingerprint density at radius 1 is 1.30 bits per heavy atom. The minimum absolute atomic E-state index is 0.0696. The zero-order valence-corrected chi connectivity index (χ0v) is 14.0. The van der Waals surface area contributed by atoms with Crippen molar-refractivity contribution in [2.45, 2.75) is 33.1 Å². The van der Waals surface area contributed by atoms with Crippen LogP contribution < -0.4 is 14.8 Å². The maximum atomic E-state index is 11.9. The van der Waals surface area contributed by atoms with Gasteiger partial charge in [-0.25, -0.2) is 0 Å². The minimum Gasteiger partial charge on any atom is -0.493 e. The molecule has 0 aliphatic heterocycles. The number of nitriles is 1. The number of nitrogens with zero attached hydrogens (tertiary/aromatic N) is 1. The first-order chi connectivity index (χ1) is 11.2. The normalized spacial score (nSPS) is 10.8. The predicted molar refractivity (Wildman–Crippen MR) is 90.3 cm³/mol. The van der Waals surface area contributed by atoms with Crippen LogP contribution in [0.25, 0.3) is 6.08 Å². The Labute approximate surface area is 137 Å². The molecule has 124 valence electrons. The number of hydrogen-bond acceptors (Lipinski definition) is 4. The van der Waals surface area contributed by atoms with Crippen molar-refractivity contribution < 1.29 is 14.3 Å². The van der Waals surface area contributed by atoms with Gasteiger partial charge in [0.1, 0.15) is 11.6 Å². The number of unbranched alkanes of at least 4 members (excludes halogenated alkanes) is 1. The molecular weight excluding hydrogens is 292 g/mol. The molecule has 5 heteroatoms. The first-order valence-electron chi connectivity index (χ1n) is 7.87. The molecule has 5 nitrogen and oxygen atoms in total. The molecule has 23 heavy (non-hydrogen) atoms. The third-order valence-corrected chi connectivity index (χ3v) is 3.15. The molecule has 0 saturated heterocycles. The highest BCUT2D eigenvalue weighted by atomic mass is 16.5.